The first-order valence-corrected chi connectivity index (χ1v) is 8.50. The van der Waals surface area contributed by atoms with E-state index in [0.717, 1.165) is 5.39 Å². The monoisotopic (exact) mass is 383 g/mol. The van der Waals surface area contributed by atoms with Gasteiger partial charge in [-0.3, -0.25) is 5.43 Å². The third-order valence-corrected chi connectivity index (χ3v) is 4.29. The van der Waals surface area contributed by atoms with Crippen LogP contribution in [0.2, 0.25) is 5.15 Å². The molecular weight excluding hydrogens is 370 g/mol. The Labute approximate surface area is 159 Å². The van der Waals surface area contributed by atoms with Crippen molar-refractivity contribution in [3.05, 3.63) is 58.7 Å². The van der Waals surface area contributed by atoms with Crippen LogP contribution in [0.4, 0.5) is 5.69 Å². The Morgan fingerprint density at radius 3 is 2.56 bits per heavy atom. The van der Waals surface area contributed by atoms with Crippen molar-refractivity contribution in [2.24, 2.45) is 5.10 Å². The number of carbonyl (C=O) groups is 1. The number of hydrogen-bond acceptors (Lipinski definition) is 6. The van der Waals surface area contributed by atoms with Gasteiger partial charge >= 0.3 is 5.97 Å². The maximum atomic E-state index is 10.9. The van der Waals surface area contributed by atoms with E-state index in [-0.39, 0.29) is 5.56 Å². The van der Waals surface area contributed by atoms with Gasteiger partial charge in [0.2, 0.25) is 0 Å². The van der Waals surface area contributed by atoms with Gasteiger partial charge in [-0.25, -0.2) is 9.78 Å². The smallest absolute Gasteiger partial charge is 0.335 e. The predicted octanol–water partition coefficient (Wildman–Crippen LogP) is 3.80. The van der Waals surface area contributed by atoms with Gasteiger partial charge in [0.25, 0.3) is 0 Å². The summed E-state index contributed by atoms with van der Waals surface area (Å²) in [6, 6.07) is 11.8. The number of nitrogens with zero attached hydrogens (tertiary/aromatic N) is 2. The summed E-state index contributed by atoms with van der Waals surface area (Å²) in [5, 5.41) is 14.2. The van der Waals surface area contributed by atoms with Gasteiger partial charge in [-0.2, -0.15) is 5.10 Å². The number of ether oxygens (including phenoxy) is 2. The lowest BCUT2D eigenvalue weighted by atomic mass is 10.1. The molecule has 0 bridgehead atoms. The highest BCUT2D eigenvalue weighted by atomic mass is 35.5. The molecular formula is C19H14ClN3O4. The molecule has 1 aliphatic heterocycles. The van der Waals surface area contributed by atoms with Crippen molar-refractivity contribution in [1.82, 2.24) is 4.98 Å². The fraction of sp³-hybridized carbons (Fsp3) is 0.105. The summed E-state index contributed by atoms with van der Waals surface area (Å²) < 4.78 is 11.2. The molecule has 136 valence electrons. The van der Waals surface area contributed by atoms with Gasteiger partial charge < -0.3 is 14.6 Å². The molecule has 2 heterocycles. The molecule has 0 saturated carbocycles. The van der Waals surface area contributed by atoms with Crippen molar-refractivity contribution in [1.29, 1.82) is 0 Å². The number of aromatic nitrogens is 1. The van der Waals surface area contributed by atoms with Crippen molar-refractivity contribution in [2.45, 2.75) is 0 Å². The van der Waals surface area contributed by atoms with E-state index < -0.39 is 5.97 Å². The third-order valence-electron chi connectivity index (χ3n) is 3.99. The van der Waals surface area contributed by atoms with Crippen LogP contribution in [-0.4, -0.2) is 35.5 Å². The zero-order valence-corrected chi connectivity index (χ0v) is 14.7. The summed E-state index contributed by atoms with van der Waals surface area (Å²) in [4.78, 5) is 15.2. The van der Waals surface area contributed by atoms with Crippen LogP contribution in [0.15, 0.2) is 47.6 Å². The standard InChI is InChI=1S/C19H14ClN3O4/c20-18-13(10-21-23-14-3-1-11(2-4-14)19(24)25)7-12-8-16-17(9-15(12)22-18)27-6-5-26-16/h1-4,7-10,23H,5-6H2,(H,24,25)/b21-10+. The van der Waals surface area contributed by atoms with E-state index in [1.807, 2.05) is 12.1 Å². The molecule has 0 spiro atoms. The lowest BCUT2D eigenvalue weighted by Gasteiger charge is -2.18. The van der Waals surface area contributed by atoms with E-state index >= 15 is 0 Å². The van der Waals surface area contributed by atoms with E-state index in [1.54, 1.807) is 24.4 Å². The number of pyridine rings is 1. The zero-order chi connectivity index (χ0) is 18.8. The van der Waals surface area contributed by atoms with Gasteiger partial charge in [0.05, 0.1) is 23.0 Å². The van der Waals surface area contributed by atoms with E-state index in [9.17, 15) is 4.79 Å². The molecule has 0 atom stereocenters. The highest BCUT2D eigenvalue weighted by molar-refractivity contribution is 6.32. The minimum absolute atomic E-state index is 0.209. The van der Waals surface area contributed by atoms with E-state index in [4.69, 9.17) is 26.2 Å². The van der Waals surface area contributed by atoms with Gasteiger partial charge in [0, 0.05) is 17.0 Å². The van der Waals surface area contributed by atoms with Crippen molar-refractivity contribution in [2.75, 3.05) is 18.6 Å². The molecule has 0 radical (unpaired) electrons. The summed E-state index contributed by atoms with van der Waals surface area (Å²) in [5.41, 5.74) is 5.03. The molecule has 2 N–H and O–H groups in total. The molecule has 0 amide bonds. The molecule has 8 heteroatoms. The summed E-state index contributed by atoms with van der Waals surface area (Å²) in [7, 11) is 0. The minimum Gasteiger partial charge on any atom is -0.486 e. The number of hydrogen-bond donors (Lipinski definition) is 2. The van der Waals surface area contributed by atoms with Gasteiger partial charge in [0.15, 0.2) is 11.5 Å². The van der Waals surface area contributed by atoms with Crippen molar-refractivity contribution in [3.8, 4) is 11.5 Å². The summed E-state index contributed by atoms with van der Waals surface area (Å²) in [6.07, 6.45) is 1.55. The van der Waals surface area contributed by atoms with Crippen molar-refractivity contribution < 1.29 is 19.4 Å². The van der Waals surface area contributed by atoms with Crippen molar-refractivity contribution >= 4 is 40.4 Å². The average Bonchev–Trinajstić information content (AvgIpc) is 2.67. The van der Waals surface area contributed by atoms with Gasteiger partial charge in [0.1, 0.15) is 18.4 Å². The molecule has 1 aliphatic rings. The second-order valence-corrected chi connectivity index (χ2v) is 6.17. The van der Waals surface area contributed by atoms with E-state index in [2.05, 4.69) is 15.5 Å². The van der Waals surface area contributed by atoms with Crippen LogP contribution in [0.25, 0.3) is 10.9 Å². The van der Waals surface area contributed by atoms with Crippen LogP contribution in [-0.2, 0) is 0 Å². The number of rotatable bonds is 4. The molecule has 3 aromatic rings. The molecule has 2 aromatic carbocycles. The fourth-order valence-corrected chi connectivity index (χ4v) is 2.85. The maximum Gasteiger partial charge on any atom is 0.335 e. The van der Waals surface area contributed by atoms with E-state index in [0.29, 0.717) is 46.6 Å². The number of carboxylic acid groups (broad SMARTS) is 1. The Morgan fingerprint density at radius 1 is 1.15 bits per heavy atom. The Kier molecular flexibility index (Phi) is 4.52. The largest absolute Gasteiger partial charge is 0.486 e. The maximum absolute atomic E-state index is 10.9. The topological polar surface area (TPSA) is 93.0 Å². The second kappa shape index (κ2) is 7.13. The molecule has 27 heavy (non-hydrogen) atoms. The Balaban J connectivity index is 1.56. The number of fused-ring (bicyclic) bond motifs is 2. The molecule has 4 rings (SSSR count). The number of carboxylic acids is 1. The highest BCUT2D eigenvalue weighted by Crippen LogP contribution is 2.34. The van der Waals surface area contributed by atoms with Crippen LogP contribution >= 0.6 is 11.6 Å². The molecule has 0 aliphatic carbocycles. The lowest BCUT2D eigenvalue weighted by molar-refractivity contribution is 0.0697. The third kappa shape index (κ3) is 3.63. The first-order chi connectivity index (χ1) is 13.1. The highest BCUT2D eigenvalue weighted by Gasteiger charge is 2.14. The first-order valence-electron chi connectivity index (χ1n) is 8.12. The molecule has 0 unspecified atom stereocenters. The Morgan fingerprint density at radius 2 is 1.85 bits per heavy atom. The summed E-state index contributed by atoms with van der Waals surface area (Å²) in [5.74, 6) is 0.359. The van der Waals surface area contributed by atoms with Crippen LogP contribution in [0.5, 0.6) is 11.5 Å². The fourth-order valence-electron chi connectivity index (χ4n) is 2.66. The molecule has 0 saturated heterocycles. The summed E-state index contributed by atoms with van der Waals surface area (Å²) in [6.45, 7) is 1.02. The molecule has 0 fully saturated rings. The van der Waals surface area contributed by atoms with E-state index in [1.165, 1.54) is 12.1 Å². The zero-order valence-electron chi connectivity index (χ0n) is 14.0. The van der Waals surface area contributed by atoms with Gasteiger partial charge in [-0.05, 0) is 36.4 Å². The number of halogens is 1. The quantitative estimate of drug-likeness (QED) is 0.404. The predicted molar refractivity (Wildman–Crippen MR) is 102 cm³/mol. The second-order valence-electron chi connectivity index (χ2n) is 5.81. The number of nitrogens with one attached hydrogen (secondary N) is 1. The normalized spacial score (nSPS) is 13.1. The van der Waals surface area contributed by atoms with Gasteiger partial charge in [-0.1, -0.05) is 11.6 Å². The van der Waals surface area contributed by atoms with Crippen molar-refractivity contribution in [3.63, 3.8) is 0 Å². The SMILES string of the molecule is O=C(O)c1ccc(N/N=C/c2cc3cc4c(cc3nc2Cl)OCCO4)cc1. The van der Waals surface area contributed by atoms with Crippen LogP contribution < -0.4 is 14.9 Å². The Bertz CT molecular complexity index is 1050. The Hall–Kier alpha value is -3.32. The van der Waals surface area contributed by atoms with Crippen LogP contribution in [0.1, 0.15) is 15.9 Å². The number of hydrazone groups is 1. The average molecular weight is 384 g/mol. The molecule has 1 aromatic heterocycles. The van der Waals surface area contributed by atoms with Gasteiger partial charge in [-0.15, -0.1) is 0 Å². The lowest BCUT2D eigenvalue weighted by Crippen LogP contribution is -2.15. The number of aromatic carboxylic acids is 1. The number of anilines is 1. The molecule has 7 nitrogen and oxygen atoms in total. The first kappa shape index (κ1) is 17.1. The van der Waals surface area contributed by atoms with Crippen LogP contribution in [0.3, 0.4) is 0 Å². The summed E-state index contributed by atoms with van der Waals surface area (Å²) >= 11 is 6.26. The van der Waals surface area contributed by atoms with Crippen LogP contribution in [0, 0.1) is 0 Å². The minimum atomic E-state index is -0.976. The number of benzene rings is 2.